The molecule has 180 valence electrons. The molecule has 1 unspecified atom stereocenters. The molecule has 0 bridgehead atoms. The van der Waals surface area contributed by atoms with Crippen LogP contribution in [0.5, 0.6) is 0 Å². The second-order valence-corrected chi connectivity index (χ2v) is 10.1. The molecule has 7 heteroatoms. The van der Waals surface area contributed by atoms with Crippen LogP contribution in [0.15, 0.2) is 48.2 Å². The van der Waals surface area contributed by atoms with Gasteiger partial charge in [0.2, 0.25) is 0 Å². The van der Waals surface area contributed by atoms with Gasteiger partial charge in [-0.1, -0.05) is 35.9 Å². The summed E-state index contributed by atoms with van der Waals surface area (Å²) in [4.78, 5) is 2.49. The molecule has 3 heterocycles. The fourth-order valence-electron chi connectivity index (χ4n) is 5.34. The molecular formula is C27H33ClFN5. The second-order valence-electron chi connectivity index (χ2n) is 9.69. The van der Waals surface area contributed by atoms with Gasteiger partial charge in [-0.3, -0.25) is 9.91 Å². The normalized spacial score (nSPS) is 21.2. The maximum Gasteiger partial charge on any atom is 0.164 e. The lowest BCUT2D eigenvalue weighted by atomic mass is 9.90. The van der Waals surface area contributed by atoms with E-state index in [2.05, 4.69) is 65.7 Å². The Morgan fingerprint density at radius 3 is 2.74 bits per heavy atom. The zero-order valence-corrected chi connectivity index (χ0v) is 21.1. The maximum atomic E-state index is 14.8. The summed E-state index contributed by atoms with van der Waals surface area (Å²) in [7, 11) is 2.03. The summed E-state index contributed by atoms with van der Waals surface area (Å²) in [6, 6.07) is 12.4. The largest absolute Gasteiger partial charge is 0.376 e. The van der Waals surface area contributed by atoms with Gasteiger partial charge in [0.05, 0.1) is 28.1 Å². The van der Waals surface area contributed by atoms with E-state index in [1.807, 2.05) is 12.2 Å². The summed E-state index contributed by atoms with van der Waals surface area (Å²) in [6.07, 6.45) is 4.23. The van der Waals surface area contributed by atoms with Gasteiger partial charge in [0, 0.05) is 38.3 Å². The summed E-state index contributed by atoms with van der Waals surface area (Å²) in [5.74, 6) is -0.399. The minimum absolute atomic E-state index is 0.0430. The van der Waals surface area contributed by atoms with E-state index in [4.69, 9.17) is 11.6 Å². The first-order chi connectivity index (χ1) is 16.3. The number of hydrazine groups is 2. The van der Waals surface area contributed by atoms with Crippen LogP contribution < -0.4 is 10.7 Å². The van der Waals surface area contributed by atoms with Crippen molar-refractivity contribution in [3.8, 4) is 0 Å². The Morgan fingerprint density at radius 1 is 1.18 bits per heavy atom. The van der Waals surface area contributed by atoms with Gasteiger partial charge in [-0.05, 0) is 68.5 Å². The van der Waals surface area contributed by atoms with Crippen LogP contribution in [-0.4, -0.2) is 47.8 Å². The Morgan fingerprint density at radius 2 is 2.00 bits per heavy atom. The number of allylic oxidation sites excluding steroid dienone is 1. The first-order valence-corrected chi connectivity index (χ1v) is 12.5. The first-order valence-electron chi connectivity index (χ1n) is 12.1. The Kier molecular flexibility index (Phi) is 6.32. The van der Waals surface area contributed by atoms with E-state index >= 15 is 0 Å². The molecule has 5 nitrogen and oxygen atoms in total. The van der Waals surface area contributed by atoms with E-state index in [0.29, 0.717) is 11.7 Å². The molecule has 2 N–H and O–H groups in total. The lowest BCUT2D eigenvalue weighted by Crippen LogP contribution is -2.40. The van der Waals surface area contributed by atoms with Crippen molar-refractivity contribution in [3.63, 3.8) is 0 Å². The van der Waals surface area contributed by atoms with Crippen molar-refractivity contribution in [2.75, 3.05) is 32.0 Å². The number of fused-ring (bicyclic) bond motifs is 3. The minimum atomic E-state index is -0.399. The topological polar surface area (TPSA) is 33.8 Å². The fourth-order valence-corrected chi connectivity index (χ4v) is 5.52. The van der Waals surface area contributed by atoms with Gasteiger partial charge in [-0.25, -0.2) is 4.39 Å². The zero-order chi connectivity index (χ0) is 24.0. The van der Waals surface area contributed by atoms with Crippen molar-refractivity contribution >= 4 is 28.6 Å². The van der Waals surface area contributed by atoms with Crippen LogP contribution in [0.25, 0.3) is 11.3 Å². The van der Waals surface area contributed by atoms with Gasteiger partial charge in [-0.2, -0.15) is 0 Å². The Hall–Kier alpha value is -2.54. The van der Waals surface area contributed by atoms with Crippen LogP contribution in [0.2, 0.25) is 5.02 Å². The molecule has 0 aliphatic carbocycles. The smallest absolute Gasteiger partial charge is 0.164 e. The molecule has 1 atom stereocenters. The van der Waals surface area contributed by atoms with Gasteiger partial charge < -0.3 is 10.7 Å². The van der Waals surface area contributed by atoms with Crippen LogP contribution in [-0.2, 0) is 0 Å². The minimum Gasteiger partial charge on any atom is -0.376 e. The molecule has 5 rings (SSSR count). The third-order valence-electron chi connectivity index (χ3n) is 7.24. The van der Waals surface area contributed by atoms with Gasteiger partial charge in [-0.15, -0.1) is 5.12 Å². The number of hydrogen-bond acceptors (Lipinski definition) is 5. The van der Waals surface area contributed by atoms with E-state index in [-0.39, 0.29) is 11.1 Å². The number of hydrogen-bond donors (Lipinski definition) is 2. The van der Waals surface area contributed by atoms with Crippen molar-refractivity contribution in [2.24, 2.45) is 0 Å². The number of halogens is 2. The fraction of sp³-hybridized carbons (Fsp3) is 0.407. The number of rotatable bonds is 4. The third kappa shape index (κ3) is 4.19. The predicted molar refractivity (Wildman–Crippen MR) is 138 cm³/mol. The number of anilines is 1. The van der Waals surface area contributed by atoms with Crippen LogP contribution >= 0.6 is 11.6 Å². The average molecular weight is 482 g/mol. The van der Waals surface area contributed by atoms with Crippen LogP contribution in [0, 0.1) is 5.82 Å². The predicted octanol–water partition coefficient (Wildman–Crippen LogP) is 5.89. The molecule has 2 aromatic carbocycles. The molecule has 0 fully saturated rings. The van der Waals surface area contributed by atoms with Crippen molar-refractivity contribution in [1.29, 1.82) is 0 Å². The van der Waals surface area contributed by atoms with E-state index in [1.54, 1.807) is 18.2 Å². The molecule has 0 spiro atoms. The molecule has 3 aliphatic heterocycles. The monoisotopic (exact) mass is 481 g/mol. The molecule has 0 aromatic heterocycles. The molecular weight excluding hydrogens is 449 g/mol. The van der Waals surface area contributed by atoms with Crippen molar-refractivity contribution < 1.29 is 4.39 Å². The van der Waals surface area contributed by atoms with Crippen molar-refractivity contribution in [1.82, 2.24) is 20.5 Å². The molecule has 0 radical (unpaired) electrons. The Balaban J connectivity index is 1.56. The Labute approximate surface area is 206 Å². The number of nitrogens with zero attached hydrogens (tertiary/aromatic N) is 3. The van der Waals surface area contributed by atoms with Crippen LogP contribution in [0.3, 0.4) is 0 Å². The van der Waals surface area contributed by atoms with E-state index in [9.17, 15) is 4.39 Å². The summed E-state index contributed by atoms with van der Waals surface area (Å²) in [5, 5.41) is 7.92. The molecule has 0 saturated carbocycles. The molecule has 34 heavy (non-hydrogen) atoms. The number of benzene rings is 2. The maximum absolute atomic E-state index is 14.8. The number of nitrogens with one attached hydrogen (secondary N) is 2. The molecule has 2 aromatic rings. The van der Waals surface area contributed by atoms with Crippen molar-refractivity contribution in [3.05, 3.63) is 75.7 Å². The molecule has 0 saturated heterocycles. The van der Waals surface area contributed by atoms with E-state index in [1.165, 1.54) is 28.0 Å². The average Bonchev–Trinajstić information content (AvgIpc) is 3.01. The lowest BCUT2D eigenvalue weighted by Gasteiger charge is -2.30. The van der Waals surface area contributed by atoms with Gasteiger partial charge in [0.1, 0.15) is 0 Å². The zero-order valence-electron chi connectivity index (χ0n) is 20.3. The summed E-state index contributed by atoms with van der Waals surface area (Å²) < 4.78 is 14.8. The highest BCUT2D eigenvalue weighted by molar-refractivity contribution is 6.31. The molecule has 0 amide bonds. The van der Waals surface area contributed by atoms with Crippen LogP contribution in [0.1, 0.15) is 56.3 Å². The first kappa shape index (κ1) is 23.2. The highest BCUT2D eigenvalue weighted by Gasteiger charge is 2.33. The lowest BCUT2D eigenvalue weighted by molar-refractivity contribution is 0.0446. The van der Waals surface area contributed by atoms with Gasteiger partial charge >= 0.3 is 0 Å². The second kappa shape index (κ2) is 9.25. The summed E-state index contributed by atoms with van der Waals surface area (Å²) in [5.41, 5.74) is 11.2. The summed E-state index contributed by atoms with van der Waals surface area (Å²) in [6.45, 7) is 9.47. The molecule has 3 aliphatic rings. The summed E-state index contributed by atoms with van der Waals surface area (Å²) >= 11 is 6.08. The van der Waals surface area contributed by atoms with E-state index in [0.717, 1.165) is 38.2 Å². The standard InChI is InChI=1S/C27H33ClFN5/c1-17(2)33-13-10-19(11-14-33)20-8-9-21-22(16-20)24(30-25-7-5-6-23(28)26(25)29)12-15-34-27(21)18(3)31-32(34)4/h5-10,16-17,24,30-31H,11-15H2,1-4H3. The van der Waals surface area contributed by atoms with Gasteiger partial charge in [0.15, 0.2) is 5.82 Å². The van der Waals surface area contributed by atoms with Crippen LogP contribution in [0.4, 0.5) is 10.1 Å². The van der Waals surface area contributed by atoms with Gasteiger partial charge in [0.25, 0.3) is 0 Å². The van der Waals surface area contributed by atoms with Crippen molar-refractivity contribution in [2.45, 2.75) is 45.7 Å². The quantitative estimate of drug-likeness (QED) is 0.569. The van der Waals surface area contributed by atoms with E-state index < -0.39 is 5.82 Å². The Bertz CT molecular complexity index is 1160. The SMILES string of the molecule is CC1=C2c3ccc(C4=CCN(C(C)C)CC4)cc3C(Nc3cccc(Cl)c3F)CCN2N(C)N1. The third-order valence-corrected chi connectivity index (χ3v) is 7.53. The highest BCUT2D eigenvalue weighted by atomic mass is 35.5. The highest BCUT2D eigenvalue weighted by Crippen LogP contribution is 2.41.